The molecule has 2 fully saturated rings. The van der Waals surface area contributed by atoms with Gasteiger partial charge in [-0.2, -0.15) is 0 Å². The van der Waals surface area contributed by atoms with Crippen LogP contribution in [0.15, 0.2) is 4.99 Å². The average molecular weight is 312 g/mol. The Labute approximate surface area is 134 Å². The van der Waals surface area contributed by atoms with Crippen LogP contribution in [0.2, 0.25) is 0 Å². The number of ether oxygens (including phenoxy) is 2. The largest absolute Gasteiger partial charge is 0.379 e. The molecule has 0 aromatic heterocycles. The summed E-state index contributed by atoms with van der Waals surface area (Å²) in [5.74, 6) is 0.554. The Hall–Kier alpha value is -0.850. The fourth-order valence-corrected chi connectivity index (χ4v) is 3.27. The average Bonchev–Trinajstić information content (AvgIpc) is 2.52. The van der Waals surface area contributed by atoms with Crippen LogP contribution < -0.4 is 11.1 Å². The van der Waals surface area contributed by atoms with Crippen molar-refractivity contribution in [1.29, 1.82) is 0 Å². The maximum absolute atomic E-state index is 6.02. The third-order valence-electron chi connectivity index (χ3n) is 5.62. The Kier molecular flexibility index (Phi) is 5.69. The molecule has 0 aromatic rings. The predicted molar refractivity (Wildman–Crippen MR) is 89.1 cm³/mol. The van der Waals surface area contributed by atoms with Gasteiger partial charge in [-0.1, -0.05) is 13.8 Å². The van der Waals surface area contributed by atoms with Crippen LogP contribution in [0.25, 0.3) is 0 Å². The van der Waals surface area contributed by atoms with Crippen molar-refractivity contribution < 1.29 is 9.47 Å². The van der Waals surface area contributed by atoms with Crippen LogP contribution in [0.4, 0.5) is 0 Å². The highest BCUT2D eigenvalue weighted by Crippen LogP contribution is 2.51. The molecular formula is C16H32N4O2. The maximum atomic E-state index is 6.02. The number of hydrogen-bond donors (Lipinski definition) is 2. The van der Waals surface area contributed by atoms with E-state index in [0.717, 1.165) is 52.2 Å². The van der Waals surface area contributed by atoms with Crippen LogP contribution in [0.3, 0.4) is 0 Å². The van der Waals surface area contributed by atoms with Gasteiger partial charge in [0.2, 0.25) is 0 Å². The standard InChI is InChI=1S/C16H32N4O2/c1-15(2)13(12-16(15,3)21-4)19-14(17)18-6-5-7-20-8-10-22-11-9-20/h13H,5-12H2,1-4H3,(H3,17,18,19). The normalized spacial score (nSPS) is 32.5. The molecule has 128 valence electrons. The fourth-order valence-electron chi connectivity index (χ4n) is 3.27. The second-order valence-corrected chi connectivity index (χ2v) is 7.13. The van der Waals surface area contributed by atoms with Crippen molar-refractivity contribution in [3.8, 4) is 0 Å². The second-order valence-electron chi connectivity index (χ2n) is 7.13. The second kappa shape index (κ2) is 7.15. The number of nitrogens with one attached hydrogen (secondary N) is 1. The molecule has 3 N–H and O–H groups in total. The van der Waals surface area contributed by atoms with Gasteiger partial charge in [0.25, 0.3) is 0 Å². The van der Waals surface area contributed by atoms with Crippen LogP contribution in [0, 0.1) is 5.41 Å². The molecule has 2 atom stereocenters. The third kappa shape index (κ3) is 3.73. The van der Waals surface area contributed by atoms with Gasteiger partial charge in [-0.15, -0.1) is 0 Å². The number of nitrogens with zero attached hydrogens (tertiary/aromatic N) is 2. The number of guanidine groups is 1. The van der Waals surface area contributed by atoms with Crippen molar-refractivity contribution in [2.45, 2.75) is 45.3 Å². The summed E-state index contributed by atoms with van der Waals surface area (Å²) in [7, 11) is 1.78. The van der Waals surface area contributed by atoms with E-state index in [-0.39, 0.29) is 11.0 Å². The topological polar surface area (TPSA) is 72.1 Å². The molecule has 1 aliphatic carbocycles. The number of nitrogens with two attached hydrogens (primary N) is 1. The number of aliphatic imine (C=N–C) groups is 1. The summed E-state index contributed by atoms with van der Waals surface area (Å²) in [5.41, 5.74) is 5.99. The highest BCUT2D eigenvalue weighted by atomic mass is 16.5. The lowest BCUT2D eigenvalue weighted by Gasteiger charge is -2.59. The number of hydrogen-bond acceptors (Lipinski definition) is 4. The minimum Gasteiger partial charge on any atom is -0.379 e. The molecule has 0 amide bonds. The molecule has 2 unspecified atom stereocenters. The number of morpholine rings is 1. The summed E-state index contributed by atoms with van der Waals surface area (Å²) in [6.07, 6.45) is 1.99. The molecule has 0 aromatic carbocycles. The summed E-state index contributed by atoms with van der Waals surface area (Å²) in [6.45, 7) is 12.2. The number of rotatable bonds is 6. The van der Waals surface area contributed by atoms with Gasteiger partial charge in [0, 0.05) is 44.7 Å². The zero-order chi connectivity index (χ0) is 16.2. The molecule has 0 spiro atoms. The maximum Gasteiger partial charge on any atom is 0.188 e. The van der Waals surface area contributed by atoms with Crippen LogP contribution >= 0.6 is 0 Å². The van der Waals surface area contributed by atoms with Crippen LogP contribution in [-0.2, 0) is 9.47 Å². The first-order valence-electron chi connectivity index (χ1n) is 8.31. The summed E-state index contributed by atoms with van der Waals surface area (Å²) in [6, 6.07) is 0.320. The summed E-state index contributed by atoms with van der Waals surface area (Å²) in [5, 5.41) is 3.35. The van der Waals surface area contributed by atoms with E-state index < -0.39 is 0 Å². The van der Waals surface area contributed by atoms with Gasteiger partial charge in [-0.05, 0) is 19.8 Å². The highest BCUT2D eigenvalue weighted by molar-refractivity contribution is 5.78. The van der Waals surface area contributed by atoms with Crippen LogP contribution in [0.1, 0.15) is 33.6 Å². The van der Waals surface area contributed by atoms with Gasteiger partial charge in [0.05, 0.1) is 18.8 Å². The Balaban J connectivity index is 1.68. The van der Waals surface area contributed by atoms with Crippen LogP contribution in [0.5, 0.6) is 0 Å². The van der Waals surface area contributed by atoms with E-state index in [2.05, 4.69) is 36.0 Å². The van der Waals surface area contributed by atoms with Gasteiger partial charge < -0.3 is 20.5 Å². The molecule has 1 heterocycles. The Morgan fingerprint density at radius 1 is 1.36 bits per heavy atom. The molecular weight excluding hydrogens is 280 g/mol. The lowest BCUT2D eigenvalue weighted by atomic mass is 9.56. The molecule has 22 heavy (non-hydrogen) atoms. The zero-order valence-corrected chi connectivity index (χ0v) is 14.5. The molecule has 1 saturated heterocycles. The van der Waals surface area contributed by atoms with Gasteiger partial charge in [0.1, 0.15) is 0 Å². The van der Waals surface area contributed by atoms with E-state index in [4.69, 9.17) is 15.2 Å². The lowest BCUT2D eigenvalue weighted by Crippen LogP contribution is -2.69. The van der Waals surface area contributed by atoms with Crippen molar-refractivity contribution in [3.63, 3.8) is 0 Å². The van der Waals surface area contributed by atoms with Gasteiger partial charge >= 0.3 is 0 Å². The van der Waals surface area contributed by atoms with E-state index in [9.17, 15) is 0 Å². The molecule has 0 bridgehead atoms. The van der Waals surface area contributed by atoms with E-state index >= 15 is 0 Å². The molecule has 6 nitrogen and oxygen atoms in total. The van der Waals surface area contributed by atoms with Gasteiger partial charge in [0.15, 0.2) is 5.96 Å². The predicted octanol–water partition coefficient (Wildman–Crippen LogP) is 0.817. The summed E-state index contributed by atoms with van der Waals surface area (Å²) in [4.78, 5) is 6.87. The first kappa shape index (κ1) is 17.5. The van der Waals surface area contributed by atoms with E-state index in [1.54, 1.807) is 7.11 Å². The summed E-state index contributed by atoms with van der Waals surface area (Å²) < 4.78 is 11.0. The zero-order valence-electron chi connectivity index (χ0n) is 14.5. The van der Waals surface area contributed by atoms with E-state index in [1.165, 1.54) is 0 Å². The first-order chi connectivity index (χ1) is 10.4. The third-order valence-corrected chi connectivity index (χ3v) is 5.62. The highest BCUT2D eigenvalue weighted by Gasteiger charge is 2.57. The van der Waals surface area contributed by atoms with Crippen molar-refractivity contribution in [2.24, 2.45) is 16.1 Å². The monoisotopic (exact) mass is 312 g/mol. The Morgan fingerprint density at radius 3 is 2.64 bits per heavy atom. The summed E-state index contributed by atoms with van der Waals surface area (Å²) >= 11 is 0. The lowest BCUT2D eigenvalue weighted by molar-refractivity contribution is -0.176. The van der Waals surface area contributed by atoms with Crippen LogP contribution in [-0.4, -0.2) is 69.0 Å². The SMILES string of the molecule is COC1(C)CC(NC(N)=NCCCN2CCOCC2)C1(C)C. The Bertz CT molecular complexity index is 394. The Morgan fingerprint density at radius 2 is 2.05 bits per heavy atom. The molecule has 0 radical (unpaired) electrons. The van der Waals surface area contributed by atoms with E-state index in [1.807, 2.05) is 0 Å². The van der Waals surface area contributed by atoms with Crippen molar-refractivity contribution >= 4 is 5.96 Å². The molecule has 6 heteroatoms. The molecule has 2 aliphatic rings. The molecule has 1 aliphatic heterocycles. The fraction of sp³-hybridized carbons (Fsp3) is 0.938. The van der Waals surface area contributed by atoms with E-state index in [0.29, 0.717) is 12.0 Å². The van der Waals surface area contributed by atoms with Crippen molar-refractivity contribution in [2.75, 3.05) is 46.5 Å². The van der Waals surface area contributed by atoms with Crippen molar-refractivity contribution in [1.82, 2.24) is 10.2 Å². The first-order valence-corrected chi connectivity index (χ1v) is 8.31. The van der Waals surface area contributed by atoms with Gasteiger partial charge in [-0.25, -0.2) is 0 Å². The molecule has 1 saturated carbocycles. The minimum absolute atomic E-state index is 0.0513. The van der Waals surface area contributed by atoms with Gasteiger partial charge in [-0.3, -0.25) is 9.89 Å². The molecule has 2 rings (SSSR count). The van der Waals surface area contributed by atoms with Crippen molar-refractivity contribution in [3.05, 3.63) is 0 Å². The smallest absolute Gasteiger partial charge is 0.188 e. The quantitative estimate of drug-likeness (QED) is 0.431. The minimum atomic E-state index is -0.0821. The number of methoxy groups -OCH3 is 1.